The maximum absolute atomic E-state index is 13.8. The second kappa shape index (κ2) is 6.49. The average Bonchev–Trinajstić information content (AvgIpc) is 3.00. The van der Waals surface area contributed by atoms with Crippen LogP contribution in [0.15, 0.2) is 24.3 Å². The molecule has 0 aliphatic carbocycles. The minimum absolute atomic E-state index is 0.0825. The van der Waals surface area contributed by atoms with E-state index in [1.165, 1.54) is 0 Å². The van der Waals surface area contributed by atoms with E-state index >= 15 is 0 Å². The first-order valence-electron chi connectivity index (χ1n) is 7.73. The number of rotatable bonds is 4. The van der Waals surface area contributed by atoms with Gasteiger partial charge in [-0.25, -0.2) is 17.6 Å². The molecule has 0 saturated carbocycles. The van der Waals surface area contributed by atoms with Crippen molar-refractivity contribution in [3.63, 3.8) is 0 Å². The standard InChI is InChI=1S/C17H16F4N4O/c1-8-3-4-13-15(24-25-23-13)10(8)7-22-16(26)9-5-11(18)14(12(19)6-9)17(2,20)21/h3-6,23-25H,7H2,1-2H3,(H,22,26). The van der Waals surface area contributed by atoms with Crippen molar-refractivity contribution in [1.82, 2.24) is 10.9 Å². The molecule has 138 valence electrons. The third kappa shape index (κ3) is 3.30. The van der Waals surface area contributed by atoms with E-state index in [1.807, 2.05) is 19.1 Å². The van der Waals surface area contributed by atoms with Crippen LogP contribution in [0.4, 0.5) is 28.9 Å². The summed E-state index contributed by atoms with van der Waals surface area (Å²) in [6.07, 6.45) is 0. The molecule has 0 spiro atoms. The van der Waals surface area contributed by atoms with Gasteiger partial charge in [0, 0.05) is 24.6 Å². The number of hydrazine groups is 2. The van der Waals surface area contributed by atoms with E-state index in [4.69, 9.17) is 0 Å². The molecule has 1 aliphatic heterocycles. The molecule has 9 heteroatoms. The summed E-state index contributed by atoms with van der Waals surface area (Å²) < 4.78 is 54.2. The van der Waals surface area contributed by atoms with Crippen LogP contribution in [-0.4, -0.2) is 5.91 Å². The summed E-state index contributed by atoms with van der Waals surface area (Å²) in [4.78, 5) is 12.2. The molecule has 3 rings (SSSR count). The first-order valence-corrected chi connectivity index (χ1v) is 7.73. The minimum atomic E-state index is -3.68. The molecular weight excluding hydrogens is 352 g/mol. The van der Waals surface area contributed by atoms with Gasteiger partial charge in [0.1, 0.15) is 11.6 Å². The smallest absolute Gasteiger partial charge is 0.276 e. The zero-order chi connectivity index (χ0) is 19.1. The Morgan fingerprint density at radius 3 is 2.42 bits per heavy atom. The van der Waals surface area contributed by atoms with Crippen molar-refractivity contribution in [2.75, 3.05) is 10.9 Å². The van der Waals surface area contributed by atoms with Crippen molar-refractivity contribution in [3.8, 4) is 0 Å². The van der Waals surface area contributed by atoms with Crippen LogP contribution in [0.25, 0.3) is 0 Å². The molecule has 2 aromatic rings. The molecule has 0 radical (unpaired) electrons. The van der Waals surface area contributed by atoms with Crippen LogP contribution in [0.3, 0.4) is 0 Å². The molecule has 4 N–H and O–H groups in total. The predicted octanol–water partition coefficient (Wildman–Crippen LogP) is 3.57. The molecule has 0 saturated heterocycles. The van der Waals surface area contributed by atoms with Gasteiger partial charge in [0.2, 0.25) is 0 Å². The van der Waals surface area contributed by atoms with E-state index in [2.05, 4.69) is 21.7 Å². The van der Waals surface area contributed by atoms with Crippen LogP contribution in [0.2, 0.25) is 0 Å². The quantitative estimate of drug-likeness (QED) is 0.623. The van der Waals surface area contributed by atoms with Gasteiger partial charge in [0.05, 0.1) is 16.9 Å². The Bertz CT molecular complexity index is 857. The van der Waals surface area contributed by atoms with Crippen LogP contribution in [-0.2, 0) is 12.5 Å². The maximum atomic E-state index is 13.8. The largest absolute Gasteiger partial charge is 0.348 e. The lowest BCUT2D eigenvalue weighted by Gasteiger charge is -2.15. The normalized spacial score (nSPS) is 13.0. The summed E-state index contributed by atoms with van der Waals surface area (Å²) in [6.45, 7) is 2.32. The van der Waals surface area contributed by atoms with Gasteiger partial charge < -0.3 is 16.2 Å². The Kier molecular flexibility index (Phi) is 4.49. The number of halogens is 4. The van der Waals surface area contributed by atoms with E-state index < -0.39 is 29.0 Å². The molecule has 0 unspecified atom stereocenters. The lowest BCUT2D eigenvalue weighted by Crippen LogP contribution is -2.25. The lowest BCUT2D eigenvalue weighted by atomic mass is 10.0. The Hall–Kier alpha value is -2.81. The van der Waals surface area contributed by atoms with E-state index in [9.17, 15) is 22.4 Å². The van der Waals surface area contributed by atoms with Crippen molar-refractivity contribution in [2.45, 2.75) is 26.3 Å². The van der Waals surface area contributed by atoms with Gasteiger partial charge >= 0.3 is 0 Å². The van der Waals surface area contributed by atoms with Gasteiger partial charge in [-0.2, -0.15) is 0 Å². The van der Waals surface area contributed by atoms with Crippen molar-refractivity contribution < 1.29 is 22.4 Å². The summed E-state index contributed by atoms with van der Waals surface area (Å²) in [5, 5.41) is 2.54. The van der Waals surface area contributed by atoms with Crippen molar-refractivity contribution in [3.05, 3.63) is 58.2 Å². The maximum Gasteiger partial charge on any atom is 0.276 e. The zero-order valence-corrected chi connectivity index (χ0v) is 13.9. The van der Waals surface area contributed by atoms with E-state index in [-0.39, 0.29) is 12.1 Å². The average molecular weight is 368 g/mol. The molecule has 0 aromatic heterocycles. The Morgan fingerprint density at radius 2 is 1.81 bits per heavy atom. The summed E-state index contributed by atoms with van der Waals surface area (Å²) in [5.74, 6) is -7.38. The van der Waals surface area contributed by atoms with E-state index in [0.29, 0.717) is 19.1 Å². The highest BCUT2D eigenvalue weighted by atomic mass is 19.3. The molecule has 1 heterocycles. The SMILES string of the molecule is Cc1ccc2c(c1CNC(=O)c1cc(F)c(C(C)(F)F)c(F)c1)NNN2. The van der Waals surface area contributed by atoms with Crippen molar-refractivity contribution >= 4 is 17.3 Å². The van der Waals surface area contributed by atoms with Gasteiger partial charge in [-0.3, -0.25) is 4.79 Å². The summed E-state index contributed by atoms with van der Waals surface area (Å²) in [5.41, 5.74) is 9.96. The second-order valence-electron chi connectivity index (χ2n) is 6.04. The number of aryl methyl sites for hydroxylation is 1. The van der Waals surface area contributed by atoms with Gasteiger partial charge in [0.25, 0.3) is 11.8 Å². The highest BCUT2D eigenvalue weighted by Crippen LogP contribution is 2.33. The Balaban J connectivity index is 1.81. The first kappa shape index (κ1) is 18.0. The first-order chi connectivity index (χ1) is 12.2. The number of hydrogen-bond donors (Lipinski definition) is 4. The fourth-order valence-corrected chi connectivity index (χ4v) is 2.78. The number of alkyl halides is 2. The zero-order valence-electron chi connectivity index (χ0n) is 13.9. The van der Waals surface area contributed by atoms with Crippen LogP contribution >= 0.6 is 0 Å². The number of carbonyl (C=O) groups is 1. The summed E-state index contributed by atoms with van der Waals surface area (Å²) in [7, 11) is 0. The van der Waals surface area contributed by atoms with E-state index in [0.717, 1.165) is 22.5 Å². The number of anilines is 2. The topological polar surface area (TPSA) is 65.2 Å². The van der Waals surface area contributed by atoms with Crippen molar-refractivity contribution in [2.24, 2.45) is 0 Å². The molecular formula is C17H16F4N4O. The number of carbonyl (C=O) groups excluding carboxylic acids is 1. The molecule has 1 amide bonds. The Labute approximate surface area is 146 Å². The third-order valence-corrected chi connectivity index (χ3v) is 4.10. The van der Waals surface area contributed by atoms with Gasteiger partial charge in [-0.1, -0.05) is 6.07 Å². The van der Waals surface area contributed by atoms with Crippen LogP contribution in [0.1, 0.15) is 34.0 Å². The highest BCUT2D eigenvalue weighted by molar-refractivity contribution is 5.94. The monoisotopic (exact) mass is 368 g/mol. The van der Waals surface area contributed by atoms with Gasteiger partial charge in [-0.15, -0.1) is 5.53 Å². The number of amides is 1. The molecule has 0 bridgehead atoms. The Morgan fingerprint density at radius 1 is 1.15 bits per heavy atom. The number of benzene rings is 2. The minimum Gasteiger partial charge on any atom is -0.348 e. The fourth-order valence-electron chi connectivity index (χ4n) is 2.78. The highest BCUT2D eigenvalue weighted by Gasteiger charge is 2.33. The van der Waals surface area contributed by atoms with Gasteiger partial charge in [-0.05, 0) is 30.7 Å². The predicted molar refractivity (Wildman–Crippen MR) is 88.7 cm³/mol. The summed E-state index contributed by atoms with van der Waals surface area (Å²) in [6, 6.07) is 4.90. The molecule has 1 aliphatic rings. The molecule has 0 atom stereocenters. The second-order valence-corrected chi connectivity index (χ2v) is 6.04. The van der Waals surface area contributed by atoms with Gasteiger partial charge in [0.15, 0.2) is 0 Å². The number of nitrogens with one attached hydrogen (secondary N) is 4. The molecule has 2 aromatic carbocycles. The molecule has 5 nitrogen and oxygen atoms in total. The van der Waals surface area contributed by atoms with Crippen LogP contribution in [0.5, 0.6) is 0 Å². The molecule has 0 fully saturated rings. The van der Waals surface area contributed by atoms with Crippen molar-refractivity contribution in [1.29, 1.82) is 0 Å². The lowest BCUT2D eigenvalue weighted by molar-refractivity contribution is 0.00977. The van der Waals surface area contributed by atoms with Crippen LogP contribution < -0.4 is 21.7 Å². The fraction of sp³-hybridized carbons (Fsp3) is 0.235. The number of fused-ring (bicyclic) bond motifs is 1. The molecule has 26 heavy (non-hydrogen) atoms. The van der Waals surface area contributed by atoms with E-state index in [1.54, 1.807) is 0 Å². The third-order valence-electron chi connectivity index (χ3n) is 4.10. The van der Waals surface area contributed by atoms with Crippen LogP contribution in [0, 0.1) is 18.6 Å². The summed E-state index contributed by atoms with van der Waals surface area (Å²) >= 11 is 0. The number of hydrogen-bond acceptors (Lipinski definition) is 4.